The third-order valence-electron chi connectivity index (χ3n) is 5.50. The highest BCUT2D eigenvalue weighted by Gasteiger charge is 2.36. The molecule has 3 rings (SSSR count). The molecule has 0 bridgehead atoms. The first-order valence-corrected chi connectivity index (χ1v) is 12.9. The maximum atomic E-state index is 12.3. The van der Waals surface area contributed by atoms with E-state index in [1.54, 1.807) is 25.7 Å². The molecule has 0 spiro atoms. The lowest BCUT2D eigenvalue weighted by molar-refractivity contribution is -0.385. The molecule has 1 aliphatic heterocycles. The third kappa shape index (κ3) is 6.63. The van der Waals surface area contributed by atoms with Crippen molar-refractivity contribution in [1.82, 2.24) is 14.9 Å². The molecule has 1 atom stereocenters. The van der Waals surface area contributed by atoms with Crippen LogP contribution in [0.15, 0.2) is 35.5 Å². The summed E-state index contributed by atoms with van der Waals surface area (Å²) in [6.45, 7) is 6.02. The number of nitrogens with zero attached hydrogens (tertiary/aromatic N) is 4. The SMILES string of the molecule is CC(C)(C)OC(=O)N1CCC(C(O)c2ncnc(Nc3ccc(S(C)(=O)=O)cc3)c2[N+](=O)[O-])CC1. The summed E-state index contributed by atoms with van der Waals surface area (Å²) in [5.74, 6) is -0.485. The lowest BCUT2D eigenvalue weighted by atomic mass is 9.89. The zero-order chi connectivity index (χ0) is 26.0. The van der Waals surface area contributed by atoms with E-state index in [4.69, 9.17) is 4.74 Å². The molecule has 0 saturated carbocycles. The molecule has 1 unspecified atom stereocenters. The van der Waals surface area contributed by atoms with Crippen LogP contribution in [0.3, 0.4) is 0 Å². The Morgan fingerprint density at radius 1 is 1.23 bits per heavy atom. The van der Waals surface area contributed by atoms with E-state index >= 15 is 0 Å². The molecule has 2 N–H and O–H groups in total. The molecule has 1 amide bonds. The summed E-state index contributed by atoms with van der Waals surface area (Å²) in [6.07, 6.45) is 1.35. The van der Waals surface area contributed by atoms with E-state index in [9.17, 15) is 28.4 Å². The Bertz CT molecular complexity index is 1190. The van der Waals surface area contributed by atoms with Crippen LogP contribution in [0.25, 0.3) is 0 Å². The number of ether oxygens (including phenoxy) is 1. The highest BCUT2D eigenvalue weighted by atomic mass is 32.2. The Labute approximate surface area is 203 Å². The van der Waals surface area contributed by atoms with Crippen molar-refractivity contribution in [2.24, 2.45) is 5.92 Å². The number of amides is 1. The number of benzene rings is 1. The van der Waals surface area contributed by atoms with Gasteiger partial charge in [-0.2, -0.15) is 0 Å². The van der Waals surface area contributed by atoms with Crippen molar-refractivity contribution in [2.45, 2.75) is 50.2 Å². The summed E-state index contributed by atoms with van der Waals surface area (Å²) in [4.78, 5) is 33.1. The number of sulfone groups is 1. The quantitative estimate of drug-likeness (QED) is 0.438. The summed E-state index contributed by atoms with van der Waals surface area (Å²) < 4.78 is 28.7. The Morgan fingerprint density at radius 2 is 1.83 bits per heavy atom. The first-order valence-electron chi connectivity index (χ1n) is 11.0. The number of aromatic nitrogens is 2. The Morgan fingerprint density at radius 3 is 2.34 bits per heavy atom. The second kappa shape index (κ2) is 10.1. The minimum Gasteiger partial charge on any atom is -0.444 e. The van der Waals surface area contributed by atoms with E-state index in [1.165, 1.54) is 24.3 Å². The topological polar surface area (TPSA) is 165 Å². The number of nitro groups is 1. The standard InChI is InChI=1S/C22H29N5O7S/c1-22(2,3)34-21(29)26-11-9-14(10-12-26)19(28)17-18(27(30)31)20(24-13-23-17)25-15-5-7-16(8-6-15)35(4,32)33/h5-8,13-14,19,28H,9-12H2,1-4H3,(H,23,24,25). The highest BCUT2D eigenvalue weighted by molar-refractivity contribution is 7.90. The van der Waals surface area contributed by atoms with Gasteiger partial charge in [-0.1, -0.05) is 0 Å². The number of carbonyl (C=O) groups is 1. The molecule has 12 nitrogen and oxygen atoms in total. The number of hydrogen-bond donors (Lipinski definition) is 2. The lowest BCUT2D eigenvalue weighted by Crippen LogP contribution is -2.42. The molecule has 1 fully saturated rings. The second-order valence-electron chi connectivity index (χ2n) is 9.38. The maximum absolute atomic E-state index is 12.3. The van der Waals surface area contributed by atoms with Gasteiger partial charge in [0.05, 0.1) is 9.82 Å². The summed E-state index contributed by atoms with van der Waals surface area (Å²) in [5.41, 5.74) is -0.841. The maximum Gasteiger partial charge on any atom is 0.410 e. The van der Waals surface area contributed by atoms with Crippen LogP contribution >= 0.6 is 0 Å². The van der Waals surface area contributed by atoms with Gasteiger partial charge in [-0.3, -0.25) is 10.1 Å². The number of piperidine rings is 1. The molecule has 2 heterocycles. The van der Waals surface area contributed by atoms with Crippen LogP contribution in [0.4, 0.5) is 22.0 Å². The summed E-state index contributed by atoms with van der Waals surface area (Å²) in [5, 5.41) is 25.7. The Kier molecular flexibility index (Phi) is 7.60. The van der Waals surface area contributed by atoms with Crippen molar-refractivity contribution in [1.29, 1.82) is 0 Å². The normalized spacial score (nSPS) is 16.0. The molecule has 13 heteroatoms. The van der Waals surface area contributed by atoms with Crippen LogP contribution in [0.5, 0.6) is 0 Å². The molecule has 0 aliphatic carbocycles. The molecular formula is C22H29N5O7S. The van der Waals surface area contributed by atoms with E-state index in [-0.39, 0.29) is 22.3 Å². The zero-order valence-electron chi connectivity index (χ0n) is 20.0. The minimum absolute atomic E-state index is 0.106. The number of aliphatic hydroxyl groups is 1. The van der Waals surface area contributed by atoms with Crippen molar-refractivity contribution >= 4 is 33.1 Å². The summed E-state index contributed by atoms with van der Waals surface area (Å²) in [6, 6.07) is 5.67. The van der Waals surface area contributed by atoms with Crippen LogP contribution in [-0.4, -0.2) is 64.4 Å². The molecule has 1 aromatic carbocycles. The van der Waals surface area contributed by atoms with Crippen LogP contribution in [0.2, 0.25) is 0 Å². The number of aliphatic hydroxyl groups excluding tert-OH is 1. The van der Waals surface area contributed by atoms with Gasteiger partial charge in [0, 0.05) is 25.0 Å². The smallest absolute Gasteiger partial charge is 0.410 e. The largest absolute Gasteiger partial charge is 0.444 e. The van der Waals surface area contributed by atoms with E-state index < -0.39 is 38.2 Å². The fourth-order valence-electron chi connectivity index (χ4n) is 3.75. The molecule has 190 valence electrons. The third-order valence-corrected chi connectivity index (χ3v) is 6.62. The number of carbonyl (C=O) groups excluding carboxylic acids is 1. The van der Waals surface area contributed by atoms with Gasteiger partial charge < -0.3 is 20.1 Å². The van der Waals surface area contributed by atoms with Gasteiger partial charge in [-0.15, -0.1) is 0 Å². The van der Waals surface area contributed by atoms with Crippen LogP contribution < -0.4 is 5.32 Å². The number of hydrogen-bond acceptors (Lipinski definition) is 10. The second-order valence-corrected chi connectivity index (χ2v) is 11.4. The van der Waals surface area contributed by atoms with Gasteiger partial charge in [0.25, 0.3) is 0 Å². The van der Waals surface area contributed by atoms with Gasteiger partial charge in [0.15, 0.2) is 15.5 Å². The Balaban J connectivity index is 1.77. The molecule has 2 aromatic rings. The number of rotatable bonds is 6. The average Bonchev–Trinajstić information content (AvgIpc) is 2.77. The molecule has 35 heavy (non-hydrogen) atoms. The van der Waals surface area contributed by atoms with E-state index in [0.29, 0.717) is 31.6 Å². The molecule has 1 aliphatic rings. The summed E-state index contributed by atoms with van der Waals surface area (Å²) >= 11 is 0. The predicted molar refractivity (Wildman–Crippen MR) is 127 cm³/mol. The van der Waals surface area contributed by atoms with E-state index in [1.807, 2.05) is 0 Å². The number of likely N-dealkylation sites (tertiary alicyclic amines) is 1. The van der Waals surface area contributed by atoms with E-state index in [0.717, 1.165) is 12.6 Å². The molecular weight excluding hydrogens is 478 g/mol. The van der Waals surface area contributed by atoms with Crippen molar-refractivity contribution in [2.75, 3.05) is 24.7 Å². The fourth-order valence-corrected chi connectivity index (χ4v) is 4.38. The van der Waals surface area contributed by atoms with Crippen molar-refractivity contribution < 1.29 is 28.0 Å². The van der Waals surface area contributed by atoms with Gasteiger partial charge in [-0.25, -0.2) is 23.2 Å². The monoisotopic (exact) mass is 507 g/mol. The fraction of sp³-hybridized carbons (Fsp3) is 0.500. The number of nitrogens with one attached hydrogen (secondary N) is 1. The van der Waals surface area contributed by atoms with Gasteiger partial charge >= 0.3 is 11.8 Å². The molecule has 1 aromatic heterocycles. The highest BCUT2D eigenvalue weighted by Crippen LogP contribution is 2.37. The van der Waals surface area contributed by atoms with Gasteiger partial charge in [0.2, 0.25) is 5.82 Å². The first-order chi connectivity index (χ1) is 16.3. The predicted octanol–water partition coefficient (Wildman–Crippen LogP) is 3.21. The van der Waals surface area contributed by atoms with Crippen LogP contribution in [0, 0.1) is 16.0 Å². The van der Waals surface area contributed by atoms with Crippen LogP contribution in [0.1, 0.15) is 45.4 Å². The number of anilines is 2. The van der Waals surface area contributed by atoms with Crippen molar-refractivity contribution in [3.8, 4) is 0 Å². The van der Waals surface area contributed by atoms with Gasteiger partial charge in [0.1, 0.15) is 18.0 Å². The van der Waals surface area contributed by atoms with Gasteiger partial charge in [-0.05, 0) is 63.8 Å². The van der Waals surface area contributed by atoms with Crippen LogP contribution in [-0.2, 0) is 14.6 Å². The Hall–Kier alpha value is -3.32. The van der Waals surface area contributed by atoms with Crippen molar-refractivity contribution in [3.63, 3.8) is 0 Å². The minimum atomic E-state index is -3.39. The van der Waals surface area contributed by atoms with Crippen molar-refractivity contribution in [3.05, 3.63) is 46.4 Å². The lowest BCUT2D eigenvalue weighted by Gasteiger charge is -2.34. The van der Waals surface area contributed by atoms with E-state index in [2.05, 4.69) is 15.3 Å². The molecule has 0 radical (unpaired) electrons. The zero-order valence-corrected chi connectivity index (χ0v) is 20.8. The molecule has 1 saturated heterocycles. The average molecular weight is 508 g/mol. The summed E-state index contributed by atoms with van der Waals surface area (Å²) in [7, 11) is -3.39. The first kappa shape index (κ1) is 26.3.